The van der Waals surface area contributed by atoms with Gasteiger partial charge in [-0.2, -0.15) is 5.10 Å². The fourth-order valence-electron chi connectivity index (χ4n) is 2.63. The largest absolute Gasteiger partial charge is 0.369 e. The zero-order valence-corrected chi connectivity index (χ0v) is 15.7. The smallest absolute Gasteiger partial charge is 0.209 e. The molecule has 0 saturated carbocycles. The van der Waals surface area contributed by atoms with Crippen LogP contribution in [0.5, 0.6) is 0 Å². The number of hydrogen-bond donors (Lipinski definition) is 2. The minimum atomic E-state index is 0.0642. The third kappa shape index (κ3) is 15.6. The van der Waals surface area contributed by atoms with E-state index in [-0.39, 0.29) is 5.96 Å². The molecule has 0 heterocycles. The summed E-state index contributed by atoms with van der Waals surface area (Å²) in [4.78, 5) is 0. The topological polar surface area (TPSA) is 65.5 Å². The summed E-state index contributed by atoms with van der Waals surface area (Å²) in [5.41, 5.74) is 5.60. The minimum Gasteiger partial charge on any atom is -0.369 e. The maximum atomic E-state index is 7.60. The maximum Gasteiger partial charge on any atom is 0.209 e. The Labute approximate surface area is 144 Å². The van der Waals surface area contributed by atoms with E-state index in [9.17, 15) is 0 Å². The summed E-state index contributed by atoms with van der Waals surface area (Å²) in [6.07, 6.45) is 19.6. The van der Waals surface area contributed by atoms with Crippen molar-refractivity contribution in [3.63, 3.8) is 0 Å². The van der Waals surface area contributed by atoms with Crippen molar-refractivity contribution in [3.05, 3.63) is 0 Å². The van der Waals surface area contributed by atoms with E-state index in [0.29, 0.717) is 0 Å². The molecule has 0 unspecified atom stereocenters. The van der Waals surface area contributed by atoms with Crippen LogP contribution in [0.4, 0.5) is 0 Å². The highest BCUT2D eigenvalue weighted by Gasteiger charge is 2.03. The summed E-state index contributed by atoms with van der Waals surface area (Å²) in [5, 5.41) is 13.6. The molecule has 3 N–H and O–H groups in total. The molecule has 4 nitrogen and oxygen atoms in total. The summed E-state index contributed by atoms with van der Waals surface area (Å²) in [6.45, 7) is 5.26. The van der Waals surface area contributed by atoms with Crippen molar-refractivity contribution in [2.75, 3.05) is 6.54 Å². The lowest BCUT2D eigenvalue weighted by Gasteiger charge is -2.16. The van der Waals surface area contributed by atoms with Crippen LogP contribution in [0.25, 0.3) is 0 Å². The van der Waals surface area contributed by atoms with Crippen molar-refractivity contribution >= 4 is 12.2 Å². The quantitative estimate of drug-likeness (QED) is 0.166. The molecule has 0 aliphatic carbocycles. The zero-order chi connectivity index (χ0) is 17.2. The minimum absolute atomic E-state index is 0.0642. The predicted octanol–water partition coefficient (Wildman–Crippen LogP) is 5.67. The second-order valence-corrected chi connectivity index (χ2v) is 6.48. The number of nitrogens with zero attached hydrogens (tertiary/aromatic N) is 2. The van der Waals surface area contributed by atoms with Gasteiger partial charge in [0.15, 0.2) is 0 Å². The Kier molecular flexibility index (Phi) is 16.5. The van der Waals surface area contributed by atoms with Crippen molar-refractivity contribution in [2.45, 2.75) is 104 Å². The molecule has 0 fully saturated rings. The Morgan fingerprint density at radius 3 is 1.83 bits per heavy atom. The molecule has 0 spiro atoms. The van der Waals surface area contributed by atoms with Gasteiger partial charge in [-0.1, -0.05) is 84.5 Å². The SMILES string of the molecule is CCCCCCCCC/C=N\N(CCCCCCCC)C(=N)N. The van der Waals surface area contributed by atoms with E-state index >= 15 is 0 Å². The number of nitrogens with two attached hydrogens (primary N) is 1. The maximum absolute atomic E-state index is 7.60. The highest BCUT2D eigenvalue weighted by Crippen LogP contribution is 2.08. The van der Waals surface area contributed by atoms with E-state index in [1.807, 2.05) is 6.21 Å². The number of hydrogen-bond acceptors (Lipinski definition) is 2. The number of guanidine groups is 1. The molecule has 0 rings (SSSR count). The number of nitrogens with one attached hydrogen (secondary N) is 1. The van der Waals surface area contributed by atoms with Crippen LogP contribution in [0.3, 0.4) is 0 Å². The lowest BCUT2D eigenvalue weighted by Crippen LogP contribution is -2.33. The van der Waals surface area contributed by atoms with Crippen LogP contribution in [0, 0.1) is 5.41 Å². The van der Waals surface area contributed by atoms with E-state index in [0.717, 1.165) is 19.4 Å². The number of hydrazone groups is 1. The van der Waals surface area contributed by atoms with Crippen LogP contribution in [-0.4, -0.2) is 23.7 Å². The summed E-state index contributed by atoms with van der Waals surface area (Å²) in [7, 11) is 0. The van der Waals surface area contributed by atoms with Gasteiger partial charge in [0.2, 0.25) is 5.96 Å². The Bertz CT molecular complexity index is 289. The van der Waals surface area contributed by atoms with Crippen LogP contribution in [0.2, 0.25) is 0 Å². The first-order chi connectivity index (χ1) is 11.2. The number of unbranched alkanes of at least 4 members (excludes halogenated alkanes) is 12. The molecule has 0 aromatic rings. The van der Waals surface area contributed by atoms with Gasteiger partial charge in [0.05, 0.1) is 0 Å². The molecule has 0 bridgehead atoms. The van der Waals surface area contributed by atoms with Gasteiger partial charge in [-0.25, -0.2) is 5.01 Å². The fourth-order valence-corrected chi connectivity index (χ4v) is 2.63. The van der Waals surface area contributed by atoms with Crippen molar-refractivity contribution in [1.29, 1.82) is 5.41 Å². The molecule has 0 aliphatic rings. The average Bonchev–Trinajstić information content (AvgIpc) is 2.54. The zero-order valence-electron chi connectivity index (χ0n) is 15.7. The molecule has 0 aromatic carbocycles. The lowest BCUT2D eigenvalue weighted by atomic mass is 10.1. The summed E-state index contributed by atoms with van der Waals surface area (Å²) in [6, 6.07) is 0. The molecule has 0 saturated heterocycles. The first-order valence-corrected chi connectivity index (χ1v) is 9.86. The van der Waals surface area contributed by atoms with Crippen LogP contribution < -0.4 is 5.73 Å². The van der Waals surface area contributed by atoms with E-state index in [1.54, 1.807) is 5.01 Å². The van der Waals surface area contributed by atoms with Gasteiger partial charge in [0.25, 0.3) is 0 Å². The second kappa shape index (κ2) is 17.3. The molecule has 0 amide bonds. The fraction of sp³-hybridized carbons (Fsp3) is 0.895. The Morgan fingerprint density at radius 1 is 0.826 bits per heavy atom. The van der Waals surface area contributed by atoms with E-state index in [4.69, 9.17) is 11.1 Å². The van der Waals surface area contributed by atoms with Crippen molar-refractivity contribution in [3.8, 4) is 0 Å². The van der Waals surface area contributed by atoms with Crippen molar-refractivity contribution in [1.82, 2.24) is 5.01 Å². The van der Waals surface area contributed by atoms with Crippen LogP contribution in [0.15, 0.2) is 5.10 Å². The molecule has 0 aromatic heterocycles. The Hall–Kier alpha value is -1.06. The molecule has 23 heavy (non-hydrogen) atoms. The van der Waals surface area contributed by atoms with Gasteiger partial charge in [-0.3, -0.25) is 5.41 Å². The van der Waals surface area contributed by atoms with Gasteiger partial charge in [0.1, 0.15) is 0 Å². The highest BCUT2D eigenvalue weighted by atomic mass is 15.5. The van der Waals surface area contributed by atoms with Crippen LogP contribution >= 0.6 is 0 Å². The third-order valence-electron chi connectivity index (χ3n) is 4.16. The molecular formula is C19H40N4. The van der Waals surface area contributed by atoms with Crippen LogP contribution in [0.1, 0.15) is 104 Å². The summed E-state index contributed by atoms with van der Waals surface area (Å²) >= 11 is 0. The standard InChI is InChI=1S/C19H40N4/c1-3-5-7-9-11-12-13-15-17-22-23(19(20)21)18-16-14-10-8-6-4-2/h17H,3-16,18H2,1-2H3,(H3,20,21)/b22-17-. The number of rotatable bonds is 16. The second-order valence-electron chi connectivity index (χ2n) is 6.48. The van der Waals surface area contributed by atoms with E-state index < -0.39 is 0 Å². The molecule has 0 radical (unpaired) electrons. The first kappa shape index (κ1) is 21.9. The molecule has 0 aliphatic heterocycles. The molecule has 4 heteroatoms. The monoisotopic (exact) mass is 324 g/mol. The van der Waals surface area contributed by atoms with Gasteiger partial charge < -0.3 is 5.73 Å². The Balaban J connectivity index is 3.63. The molecule has 136 valence electrons. The van der Waals surface area contributed by atoms with Crippen molar-refractivity contribution in [2.24, 2.45) is 10.8 Å². The summed E-state index contributed by atoms with van der Waals surface area (Å²) < 4.78 is 0. The lowest BCUT2D eigenvalue weighted by molar-refractivity contribution is 0.414. The van der Waals surface area contributed by atoms with Crippen molar-refractivity contribution < 1.29 is 0 Å². The first-order valence-electron chi connectivity index (χ1n) is 9.86. The third-order valence-corrected chi connectivity index (χ3v) is 4.16. The van der Waals surface area contributed by atoms with Gasteiger partial charge in [-0.15, -0.1) is 0 Å². The molecule has 0 atom stereocenters. The normalized spacial score (nSPS) is 11.2. The molecular weight excluding hydrogens is 284 g/mol. The van der Waals surface area contributed by atoms with Gasteiger partial charge >= 0.3 is 0 Å². The Morgan fingerprint density at radius 2 is 1.30 bits per heavy atom. The summed E-state index contributed by atoms with van der Waals surface area (Å²) in [5.74, 6) is 0.0642. The predicted molar refractivity (Wildman–Crippen MR) is 103 cm³/mol. The van der Waals surface area contributed by atoms with E-state index in [2.05, 4.69) is 18.9 Å². The van der Waals surface area contributed by atoms with Gasteiger partial charge in [-0.05, 0) is 19.3 Å². The highest BCUT2D eigenvalue weighted by molar-refractivity contribution is 5.75. The average molecular weight is 325 g/mol. The van der Waals surface area contributed by atoms with Crippen LogP contribution in [-0.2, 0) is 0 Å². The van der Waals surface area contributed by atoms with E-state index in [1.165, 1.54) is 77.0 Å². The van der Waals surface area contributed by atoms with Gasteiger partial charge in [0, 0.05) is 12.8 Å².